The van der Waals surface area contributed by atoms with Crippen LogP contribution in [-0.2, 0) is 28.6 Å². The van der Waals surface area contributed by atoms with Crippen LogP contribution >= 0.6 is 0 Å². The van der Waals surface area contributed by atoms with E-state index in [4.69, 9.17) is 14.2 Å². The second-order valence-corrected chi connectivity index (χ2v) is 16.0. The van der Waals surface area contributed by atoms with Crippen molar-refractivity contribution < 1.29 is 28.6 Å². The van der Waals surface area contributed by atoms with E-state index in [1.807, 2.05) is 6.08 Å². The average molecular weight is 883 g/mol. The summed E-state index contributed by atoms with van der Waals surface area (Å²) in [6.45, 7) is 6.22. The Hall–Kier alpha value is -4.45. The second-order valence-electron chi connectivity index (χ2n) is 16.0. The van der Waals surface area contributed by atoms with Crippen LogP contribution in [0.1, 0.15) is 194 Å². The summed E-state index contributed by atoms with van der Waals surface area (Å²) < 4.78 is 16.6. The van der Waals surface area contributed by atoms with Crippen LogP contribution in [0.4, 0.5) is 0 Å². The zero-order chi connectivity index (χ0) is 46.5. The van der Waals surface area contributed by atoms with Gasteiger partial charge in [-0.1, -0.05) is 199 Å². The van der Waals surface area contributed by atoms with E-state index < -0.39 is 12.1 Å². The number of hydrogen-bond acceptors (Lipinski definition) is 6. The van der Waals surface area contributed by atoms with Crippen molar-refractivity contribution in [3.8, 4) is 0 Å². The van der Waals surface area contributed by atoms with Crippen LogP contribution in [0.15, 0.2) is 134 Å². The molecular weight excluding hydrogens is 793 g/mol. The molecular formula is C58H90O6. The fraction of sp³-hybridized carbons (Fsp3) is 0.569. The smallest absolute Gasteiger partial charge is 0.310 e. The molecule has 0 heterocycles. The lowest BCUT2D eigenvalue weighted by atomic mass is 10.1. The lowest BCUT2D eigenvalue weighted by molar-refractivity contribution is -0.166. The molecule has 0 bridgehead atoms. The molecule has 0 N–H and O–H groups in total. The first-order valence-electron chi connectivity index (χ1n) is 25.2. The minimum absolute atomic E-state index is 0.0821. The van der Waals surface area contributed by atoms with E-state index in [1.54, 1.807) is 6.08 Å². The standard InChI is InChI=1S/C58H90O6/c1-4-7-10-13-16-19-22-25-28-29-31-33-36-39-42-45-48-51-57(60)63-54-55(53-62-56(59)50-47-44-41-38-35-32-27-24-21-18-15-12-9-6-3)64-58(61)52-49-46-43-40-37-34-30-26-23-20-17-14-11-8-5-2/h7-8,10-11,15-20,24-28,30-31,33,37,40,46,49,55H,4-6,9,12-14,21-23,29,32,34-36,38-39,41-45,47-48,50-54H2,1-3H3/b10-7-,11-8-,18-15-,19-16-,20-17-,27-24-,28-25-,30-26-,33-31-,40-37-,49-46-. The largest absolute Gasteiger partial charge is 0.462 e. The summed E-state index contributed by atoms with van der Waals surface area (Å²) in [5.74, 6) is -1.12. The molecule has 0 aliphatic carbocycles. The molecule has 0 spiro atoms. The summed E-state index contributed by atoms with van der Waals surface area (Å²) in [5.41, 5.74) is 0. The lowest BCUT2D eigenvalue weighted by Crippen LogP contribution is -2.30. The maximum absolute atomic E-state index is 12.7. The third-order valence-corrected chi connectivity index (χ3v) is 9.90. The van der Waals surface area contributed by atoms with Crippen molar-refractivity contribution in [3.63, 3.8) is 0 Å². The maximum atomic E-state index is 12.7. The number of ether oxygens (including phenoxy) is 3. The maximum Gasteiger partial charge on any atom is 0.310 e. The van der Waals surface area contributed by atoms with Crippen molar-refractivity contribution in [2.24, 2.45) is 0 Å². The number of hydrogen-bond donors (Lipinski definition) is 0. The lowest BCUT2D eigenvalue weighted by Gasteiger charge is -2.18. The summed E-state index contributed by atoms with van der Waals surface area (Å²) in [5, 5.41) is 0. The van der Waals surface area contributed by atoms with Crippen molar-refractivity contribution in [2.75, 3.05) is 13.2 Å². The molecule has 1 atom stereocenters. The Bertz CT molecular complexity index is 1430. The van der Waals surface area contributed by atoms with Crippen LogP contribution in [-0.4, -0.2) is 37.2 Å². The molecule has 6 heteroatoms. The van der Waals surface area contributed by atoms with Gasteiger partial charge in [-0.05, 0) is 109 Å². The van der Waals surface area contributed by atoms with Crippen molar-refractivity contribution >= 4 is 17.9 Å². The molecule has 0 aromatic heterocycles. The summed E-state index contributed by atoms with van der Waals surface area (Å²) in [4.78, 5) is 37.9. The number of esters is 3. The highest BCUT2D eigenvalue weighted by Gasteiger charge is 2.19. The van der Waals surface area contributed by atoms with Gasteiger partial charge in [-0.15, -0.1) is 0 Å². The minimum atomic E-state index is -0.853. The Morgan fingerprint density at radius 2 is 0.656 bits per heavy atom. The molecule has 0 aromatic carbocycles. The molecule has 0 saturated heterocycles. The Morgan fingerprint density at radius 1 is 0.344 bits per heavy atom. The van der Waals surface area contributed by atoms with E-state index >= 15 is 0 Å². The second kappa shape index (κ2) is 51.2. The number of unbranched alkanes of at least 4 members (excludes halogenated alkanes) is 11. The highest BCUT2D eigenvalue weighted by atomic mass is 16.6. The molecule has 0 rings (SSSR count). The van der Waals surface area contributed by atoms with Gasteiger partial charge in [0.2, 0.25) is 0 Å². The van der Waals surface area contributed by atoms with Gasteiger partial charge < -0.3 is 14.2 Å². The fourth-order valence-corrected chi connectivity index (χ4v) is 6.17. The van der Waals surface area contributed by atoms with Crippen molar-refractivity contribution in [1.29, 1.82) is 0 Å². The van der Waals surface area contributed by atoms with Crippen LogP contribution in [0.2, 0.25) is 0 Å². The quantitative estimate of drug-likeness (QED) is 0.0263. The zero-order valence-electron chi connectivity index (χ0n) is 40.7. The van der Waals surface area contributed by atoms with E-state index in [-0.39, 0.29) is 31.6 Å². The molecule has 0 aliphatic rings. The van der Waals surface area contributed by atoms with Crippen LogP contribution < -0.4 is 0 Å². The number of carbonyl (C=O) groups is 3. The molecule has 6 nitrogen and oxygen atoms in total. The van der Waals surface area contributed by atoms with Gasteiger partial charge >= 0.3 is 17.9 Å². The molecule has 0 amide bonds. The Kier molecular flexibility index (Phi) is 47.6. The predicted octanol–water partition coefficient (Wildman–Crippen LogP) is 16.7. The first-order valence-corrected chi connectivity index (χ1v) is 25.2. The highest BCUT2D eigenvalue weighted by Crippen LogP contribution is 2.11. The monoisotopic (exact) mass is 883 g/mol. The summed E-state index contributed by atoms with van der Waals surface area (Å²) in [7, 11) is 0. The first-order chi connectivity index (χ1) is 31.5. The molecule has 0 fully saturated rings. The van der Waals surface area contributed by atoms with Crippen LogP contribution in [0.3, 0.4) is 0 Å². The topological polar surface area (TPSA) is 78.9 Å². The van der Waals surface area contributed by atoms with E-state index in [1.165, 1.54) is 19.3 Å². The SMILES string of the molecule is CC/C=C\C/C=C\C/C=C\C/C=C\C/C=C\CC(=O)OC(COC(=O)CCCCCC/C=C\C/C=C\C/C=C\C/C=C\CC)COC(=O)CCCCCCC/C=C\C/C=C\CCCC. The first kappa shape index (κ1) is 59.5. The van der Waals surface area contributed by atoms with E-state index in [2.05, 4.69) is 142 Å². The van der Waals surface area contributed by atoms with Gasteiger partial charge in [0, 0.05) is 12.8 Å². The van der Waals surface area contributed by atoms with Gasteiger partial charge in [0.15, 0.2) is 6.10 Å². The molecule has 1 unspecified atom stereocenters. The number of allylic oxidation sites excluding steroid dienone is 21. The van der Waals surface area contributed by atoms with Gasteiger partial charge in [-0.3, -0.25) is 14.4 Å². The third kappa shape index (κ3) is 48.6. The van der Waals surface area contributed by atoms with Gasteiger partial charge in [0.25, 0.3) is 0 Å². The molecule has 0 aliphatic heterocycles. The van der Waals surface area contributed by atoms with Crippen molar-refractivity contribution in [2.45, 2.75) is 200 Å². The molecule has 358 valence electrons. The van der Waals surface area contributed by atoms with E-state index in [0.29, 0.717) is 19.3 Å². The molecule has 0 aromatic rings. The van der Waals surface area contributed by atoms with Gasteiger partial charge in [-0.2, -0.15) is 0 Å². The Labute approximate surface area is 392 Å². The normalized spacial score (nSPS) is 13.2. The minimum Gasteiger partial charge on any atom is -0.462 e. The summed E-state index contributed by atoms with van der Waals surface area (Å²) in [6.07, 6.45) is 71.7. The summed E-state index contributed by atoms with van der Waals surface area (Å²) in [6, 6.07) is 0. The molecule has 0 saturated carbocycles. The van der Waals surface area contributed by atoms with Crippen LogP contribution in [0.25, 0.3) is 0 Å². The van der Waals surface area contributed by atoms with E-state index in [0.717, 1.165) is 128 Å². The Morgan fingerprint density at radius 3 is 1.03 bits per heavy atom. The predicted molar refractivity (Wildman–Crippen MR) is 274 cm³/mol. The van der Waals surface area contributed by atoms with Gasteiger partial charge in [0.05, 0.1) is 6.42 Å². The Balaban J connectivity index is 4.60. The van der Waals surface area contributed by atoms with E-state index in [9.17, 15) is 14.4 Å². The van der Waals surface area contributed by atoms with Crippen molar-refractivity contribution in [3.05, 3.63) is 134 Å². The average Bonchev–Trinajstić information content (AvgIpc) is 3.29. The third-order valence-electron chi connectivity index (χ3n) is 9.90. The highest BCUT2D eigenvalue weighted by molar-refractivity contribution is 5.72. The van der Waals surface area contributed by atoms with Crippen LogP contribution in [0, 0.1) is 0 Å². The van der Waals surface area contributed by atoms with Gasteiger partial charge in [0.1, 0.15) is 13.2 Å². The number of carbonyl (C=O) groups excluding carboxylic acids is 3. The molecule has 64 heavy (non-hydrogen) atoms. The zero-order valence-corrected chi connectivity index (χ0v) is 40.7. The fourth-order valence-electron chi connectivity index (χ4n) is 6.17. The summed E-state index contributed by atoms with van der Waals surface area (Å²) >= 11 is 0. The molecule has 0 radical (unpaired) electrons. The van der Waals surface area contributed by atoms with Gasteiger partial charge in [-0.25, -0.2) is 0 Å². The number of rotatable bonds is 43. The van der Waals surface area contributed by atoms with Crippen LogP contribution in [0.5, 0.6) is 0 Å². The van der Waals surface area contributed by atoms with Crippen molar-refractivity contribution in [1.82, 2.24) is 0 Å².